The Labute approximate surface area is 103 Å². The molecule has 0 amide bonds. The van der Waals surface area contributed by atoms with Gasteiger partial charge in [0.15, 0.2) is 0 Å². The average molecular weight is 243 g/mol. The second kappa shape index (κ2) is 4.72. The van der Waals surface area contributed by atoms with Gasteiger partial charge in [0.2, 0.25) is 0 Å². The van der Waals surface area contributed by atoms with E-state index in [1.54, 1.807) is 12.1 Å². The molecule has 0 spiro atoms. The molecule has 0 bridgehead atoms. The topological polar surface area (TPSA) is 71.8 Å². The van der Waals surface area contributed by atoms with Gasteiger partial charge in [-0.15, -0.1) is 0 Å². The number of nitriles is 1. The van der Waals surface area contributed by atoms with Gasteiger partial charge in [-0.2, -0.15) is 5.26 Å². The lowest BCUT2D eigenvalue weighted by Crippen LogP contribution is -2.20. The van der Waals surface area contributed by atoms with Gasteiger partial charge < -0.3 is 10.3 Å². The van der Waals surface area contributed by atoms with Gasteiger partial charge in [0, 0.05) is 23.5 Å². The van der Waals surface area contributed by atoms with Gasteiger partial charge in [0.05, 0.1) is 12.1 Å². The Morgan fingerprint density at radius 3 is 2.83 bits per heavy atom. The van der Waals surface area contributed by atoms with E-state index in [4.69, 9.17) is 11.0 Å². The highest BCUT2D eigenvalue weighted by molar-refractivity contribution is 5.36. The van der Waals surface area contributed by atoms with Gasteiger partial charge in [-0.05, 0) is 12.1 Å². The molecule has 0 fully saturated rings. The van der Waals surface area contributed by atoms with Crippen LogP contribution in [0.15, 0.2) is 41.3 Å². The van der Waals surface area contributed by atoms with E-state index in [-0.39, 0.29) is 23.2 Å². The van der Waals surface area contributed by atoms with Crippen LogP contribution in [0, 0.1) is 17.1 Å². The Morgan fingerprint density at radius 1 is 1.33 bits per heavy atom. The smallest absolute Gasteiger partial charge is 0.250 e. The molecule has 0 aliphatic carbocycles. The van der Waals surface area contributed by atoms with Gasteiger partial charge in [-0.3, -0.25) is 4.79 Å². The van der Waals surface area contributed by atoms with E-state index in [0.717, 1.165) is 0 Å². The van der Waals surface area contributed by atoms with Crippen molar-refractivity contribution in [1.82, 2.24) is 4.57 Å². The van der Waals surface area contributed by atoms with Gasteiger partial charge in [0.1, 0.15) is 11.9 Å². The molecule has 1 heterocycles. The number of hydrogen-bond donors (Lipinski definition) is 1. The van der Waals surface area contributed by atoms with Crippen molar-refractivity contribution in [2.75, 3.05) is 5.73 Å². The quantitative estimate of drug-likeness (QED) is 0.868. The number of nitrogens with two attached hydrogens (primary N) is 1. The monoisotopic (exact) mass is 243 g/mol. The number of pyridine rings is 1. The summed E-state index contributed by atoms with van der Waals surface area (Å²) in [5.41, 5.74) is 5.96. The molecule has 1 aromatic carbocycles. The molecule has 90 valence electrons. The van der Waals surface area contributed by atoms with Gasteiger partial charge in [0.25, 0.3) is 5.56 Å². The zero-order valence-corrected chi connectivity index (χ0v) is 9.43. The maximum Gasteiger partial charge on any atom is 0.250 e. The maximum absolute atomic E-state index is 13.8. The third-order valence-corrected chi connectivity index (χ3v) is 2.55. The SMILES string of the molecule is N#Cc1cccc(Cn2cc(N)ccc2=O)c1F. The first-order chi connectivity index (χ1) is 8.61. The first-order valence-corrected chi connectivity index (χ1v) is 5.25. The van der Waals surface area contributed by atoms with E-state index < -0.39 is 5.82 Å². The molecule has 1 aromatic heterocycles. The molecule has 4 nitrogen and oxygen atoms in total. The summed E-state index contributed by atoms with van der Waals surface area (Å²) in [6, 6.07) is 9.07. The van der Waals surface area contributed by atoms with Crippen molar-refractivity contribution in [2.24, 2.45) is 0 Å². The molecule has 0 aliphatic rings. The van der Waals surface area contributed by atoms with Crippen LogP contribution in [-0.2, 0) is 6.54 Å². The van der Waals surface area contributed by atoms with E-state index in [0.29, 0.717) is 5.69 Å². The number of hydrogen-bond acceptors (Lipinski definition) is 3. The summed E-state index contributed by atoms with van der Waals surface area (Å²) in [7, 11) is 0. The van der Waals surface area contributed by atoms with Crippen LogP contribution in [0.4, 0.5) is 10.1 Å². The molecular weight excluding hydrogens is 233 g/mol. The highest BCUT2D eigenvalue weighted by Gasteiger charge is 2.08. The first-order valence-electron chi connectivity index (χ1n) is 5.25. The van der Waals surface area contributed by atoms with Crippen molar-refractivity contribution in [2.45, 2.75) is 6.54 Å². The predicted molar refractivity (Wildman–Crippen MR) is 65.3 cm³/mol. The Balaban J connectivity index is 2.44. The van der Waals surface area contributed by atoms with Crippen molar-refractivity contribution in [3.63, 3.8) is 0 Å². The van der Waals surface area contributed by atoms with Crippen LogP contribution >= 0.6 is 0 Å². The van der Waals surface area contributed by atoms with Crippen LogP contribution in [-0.4, -0.2) is 4.57 Å². The van der Waals surface area contributed by atoms with Gasteiger partial charge in [-0.1, -0.05) is 12.1 Å². The number of halogens is 1. The highest BCUT2D eigenvalue weighted by Crippen LogP contribution is 2.13. The summed E-state index contributed by atoms with van der Waals surface area (Å²) in [5.74, 6) is -0.602. The molecule has 0 saturated carbocycles. The summed E-state index contributed by atoms with van der Waals surface area (Å²) in [6.45, 7) is 0.0469. The van der Waals surface area contributed by atoms with Crippen molar-refractivity contribution < 1.29 is 4.39 Å². The fourth-order valence-corrected chi connectivity index (χ4v) is 1.65. The third kappa shape index (κ3) is 2.23. The fourth-order valence-electron chi connectivity index (χ4n) is 1.65. The van der Waals surface area contributed by atoms with Crippen LogP contribution in [0.25, 0.3) is 0 Å². The molecule has 5 heteroatoms. The van der Waals surface area contributed by atoms with Crippen molar-refractivity contribution in [1.29, 1.82) is 5.26 Å². The van der Waals surface area contributed by atoms with E-state index in [9.17, 15) is 9.18 Å². The van der Waals surface area contributed by atoms with E-state index in [2.05, 4.69) is 0 Å². The molecule has 0 aliphatic heterocycles. The zero-order chi connectivity index (χ0) is 13.1. The van der Waals surface area contributed by atoms with E-state index in [1.165, 1.54) is 35.0 Å². The number of rotatable bonds is 2. The van der Waals surface area contributed by atoms with Crippen LogP contribution in [0.5, 0.6) is 0 Å². The molecule has 2 rings (SSSR count). The van der Waals surface area contributed by atoms with Crippen LogP contribution in [0.2, 0.25) is 0 Å². The lowest BCUT2D eigenvalue weighted by molar-refractivity contribution is 0.593. The van der Waals surface area contributed by atoms with Crippen molar-refractivity contribution in [3.8, 4) is 6.07 Å². The number of benzene rings is 1. The van der Waals surface area contributed by atoms with E-state index in [1.807, 2.05) is 0 Å². The number of aromatic nitrogens is 1. The largest absolute Gasteiger partial charge is 0.398 e. The highest BCUT2D eigenvalue weighted by atomic mass is 19.1. The second-order valence-corrected chi connectivity index (χ2v) is 3.82. The molecule has 18 heavy (non-hydrogen) atoms. The van der Waals surface area contributed by atoms with Gasteiger partial charge >= 0.3 is 0 Å². The summed E-state index contributed by atoms with van der Waals surface area (Å²) >= 11 is 0. The minimum Gasteiger partial charge on any atom is -0.398 e. The zero-order valence-electron chi connectivity index (χ0n) is 9.43. The van der Waals surface area contributed by atoms with Crippen LogP contribution in [0.3, 0.4) is 0 Å². The minimum absolute atomic E-state index is 0.0375. The molecule has 2 aromatic rings. The summed E-state index contributed by atoms with van der Waals surface area (Å²) in [5, 5.41) is 8.73. The molecule has 0 saturated heterocycles. The summed E-state index contributed by atoms with van der Waals surface area (Å²) in [4.78, 5) is 11.6. The maximum atomic E-state index is 13.8. The lowest BCUT2D eigenvalue weighted by Gasteiger charge is -2.08. The number of anilines is 1. The summed E-state index contributed by atoms with van der Waals surface area (Å²) < 4.78 is 15.1. The first kappa shape index (κ1) is 11.9. The standard InChI is InChI=1S/C13H10FN3O/c14-13-9(6-15)2-1-3-10(13)7-17-8-11(16)4-5-12(17)18/h1-5,8H,7,16H2. The molecule has 2 N–H and O–H groups in total. The molecule has 0 unspecified atom stereocenters. The van der Waals surface area contributed by atoms with Crippen LogP contribution < -0.4 is 11.3 Å². The lowest BCUT2D eigenvalue weighted by atomic mass is 10.1. The normalized spacial score (nSPS) is 10.0. The molecule has 0 radical (unpaired) electrons. The van der Waals surface area contributed by atoms with Gasteiger partial charge in [-0.25, -0.2) is 4.39 Å². The molecular formula is C13H10FN3O. The fraction of sp³-hybridized carbons (Fsp3) is 0.0769. The van der Waals surface area contributed by atoms with Crippen LogP contribution in [0.1, 0.15) is 11.1 Å². The Hall–Kier alpha value is -2.61. The average Bonchev–Trinajstić information content (AvgIpc) is 2.36. The third-order valence-electron chi connectivity index (χ3n) is 2.55. The Morgan fingerprint density at radius 2 is 2.11 bits per heavy atom. The molecule has 0 atom stereocenters. The second-order valence-electron chi connectivity index (χ2n) is 3.82. The number of nitrogen functional groups attached to an aromatic ring is 1. The van der Waals surface area contributed by atoms with E-state index >= 15 is 0 Å². The Bertz CT molecular complexity index is 685. The van der Waals surface area contributed by atoms with Crippen molar-refractivity contribution in [3.05, 3.63) is 63.8 Å². The minimum atomic E-state index is -0.602. The Kier molecular flexibility index (Phi) is 3.11. The summed E-state index contributed by atoms with van der Waals surface area (Å²) in [6.07, 6.45) is 1.45. The number of nitrogens with zero attached hydrogens (tertiary/aromatic N) is 2. The van der Waals surface area contributed by atoms with Crippen molar-refractivity contribution >= 4 is 5.69 Å². The predicted octanol–water partition coefficient (Wildman–Crippen LogP) is 1.49.